The minimum Gasteiger partial charge on any atom is -0.438 e. The van der Waals surface area contributed by atoms with Gasteiger partial charge in [0.05, 0.1) is 9.76 Å². The fourth-order valence-electron chi connectivity index (χ4n) is 2.97. The predicted octanol–water partition coefficient (Wildman–Crippen LogP) is -3.53. The van der Waals surface area contributed by atoms with E-state index >= 15 is 0 Å². The second-order valence-corrected chi connectivity index (χ2v) is 54.7. The lowest BCUT2D eigenvalue weighted by Crippen LogP contribution is -2.92. The lowest BCUT2D eigenvalue weighted by atomic mass is 10.9. The standard InChI is InChI=1S/C10H33O12Si11/c1-16-30(17-2,18-3)10-9-28(5,6)21-31(22-29(7,8)15,32(23,19-4)25-12)33(26-13,27-14)20-24-11/h11-15H,9-10H2,1-8H3. The van der Waals surface area contributed by atoms with Gasteiger partial charge in [-0.1, -0.05) is 0 Å². The molecule has 12 nitrogen and oxygen atoms in total. The molecule has 23 heteroatoms. The van der Waals surface area contributed by atoms with Gasteiger partial charge in [-0.3, -0.25) is 0 Å². The number of hydrogen-bond acceptors (Lipinski definition) is 12. The molecule has 0 amide bonds. The topological polar surface area (TPSA) is 166 Å². The van der Waals surface area contributed by atoms with E-state index < -0.39 is 84.9 Å². The van der Waals surface area contributed by atoms with Gasteiger partial charge in [-0.25, -0.2) is 0 Å². The van der Waals surface area contributed by atoms with Crippen LogP contribution >= 0.6 is 0 Å². The summed E-state index contributed by atoms with van der Waals surface area (Å²) in [6, 6.07) is 0.898. The number of hydrogen-bond donors (Lipinski definition) is 5. The Hall–Kier alpha value is 1.91. The van der Waals surface area contributed by atoms with Gasteiger partial charge in [0.25, 0.3) is 6.87 Å². The third-order valence-corrected chi connectivity index (χ3v) is 70.8. The predicted molar refractivity (Wildman–Crippen MR) is 139 cm³/mol. The van der Waals surface area contributed by atoms with E-state index in [4.69, 9.17) is 30.0 Å². The quantitative estimate of drug-likeness (QED) is 0.0927. The fraction of sp³-hybridized carbons (Fsp3) is 1.00. The van der Waals surface area contributed by atoms with E-state index in [1.807, 2.05) is 13.1 Å². The zero-order chi connectivity index (χ0) is 26.2. The first-order valence-electron chi connectivity index (χ1n) is 9.50. The summed E-state index contributed by atoms with van der Waals surface area (Å²) in [5.74, 6) is 0. The zero-order valence-electron chi connectivity index (χ0n) is 20.0. The molecule has 189 valence electrons. The van der Waals surface area contributed by atoms with E-state index in [0.29, 0.717) is 12.1 Å². The van der Waals surface area contributed by atoms with E-state index in [-0.39, 0.29) is 0 Å². The molecule has 0 aromatic carbocycles. The maximum absolute atomic E-state index is 10.8. The van der Waals surface area contributed by atoms with Crippen molar-refractivity contribution in [1.29, 1.82) is 0 Å². The van der Waals surface area contributed by atoms with Crippen LogP contribution < -0.4 is 0 Å². The largest absolute Gasteiger partial charge is 0.499 e. The minimum absolute atomic E-state index is 0.421. The van der Waals surface area contributed by atoms with E-state index in [9.17, 15) is 24.0 Å². The van der Waals surface area contributed by atoms with E-state index in [1.165, 1.54) is 41.5 Å². The highest BCUT2D eigenvalue weighted by Crippen LogP contribution is 2.36. The molecule has 2 atom stereocenters. The summed E-state index contributed by atoms with van der Waals surface area (Å²) < 4.78 is 41.2. The summed E-state index contributed by atoms with van der Waals surface area (Å²) >= 11 is 0. The Balaban J connectivity index is 6.83. The molecule has 0 aliphatic carbocycles. The van der Waals surface area contributed by atoms with Crippen LogP contribution in [0.5, 0.6) is 0 Å². The molecule has 11 radical (unpaired) electrons. The lowest BCUT2D eigenvalue weighted by molar-refractivity contribution is 0.125. The summed E-state index contributed by atoms with van der Waals surface area (Å²) in [5, 5.41) is 0. The van der Waals surface area contributed by atoms with Crippen molar-refractivity contribution in [1.82, 2.24) is 0 Å². The van der Waals surface area contributed by atoms with E-state index in [1.54, 1.807) is 0 Å². The van der Waals surface area contributed by atoms with E-state index in [2.05, 4.69) is 9.76 Å². The monoisotopic (exact) mass is 653 g/mol. The molecule has 0 aliphatic rings. The summed E-state index contributed by atoms with van der Waals surface area (Å²) in [6.07, 6.45) is 0. The van der Waals surface area contributed by atoms with Crippen molar-refractivity contribution in [3.63, 3.8) is 0 Å². The van der Waals surface area contributed by atoms with Crippen molar-refractivity contribution in [2.45, 2.75) is 38.3 Å². The lowest BCUT2D eigenvalue weighted by Gasteiger charge is -2.53. The van der Waals surface area contributed by atoms with Gasteiger partial charge in [0.15, 0.2) is 8.32 Å². The van der Waals surface area contributed by atoms with Gasteiger partial charge in [0.2, 0.25) is 34.7 Å². The van der Waals surface area contributed by atoms with Crippen LogP contribution in [0.15, 0.2) is 0 Å². The third-order valence-electron chi connectivity index (χ3n) is 4.68. The highest BCUT2D eigenvalue weighted by atomic mass is 30.2. The molecule has 0 saturated carbocycles. The second-order valence-electron chi connectivity index (χ2n) is 7.92. The van der Waals surface area contributed by atoms with Crippen molar-refractivity contribution in [2.24, 2.45) is 0 Å². The molecule has 0 aliphatic heterocycles. The van der Waals surface area contributed by atoms with Gasteiger partial charge in [0, 0.05) is 34.5 Å². The summed E-state index contributed by atoms with van der Waals surface area (Å²) in [4.78, 5) is 52.0. The SMILES string of the molecule is CO[Si](CC[Si](C)(C)O[Si](O[Si](C)(C)O)([Si]([Si])(OC)[Si]O)[Si](O[Si]O)([Si]O)[Si]O)(OC)OC. The summed E-state index contributed by atoms with van der Waals surface area (Å²) in [7, 11) is -7.51. The van der Waals surface area contributed by atoms with Crippen molar-refractivity contribution < 1.29 is 54.0 Å². The first-order valence-corrected chi connectivity index (χ1v) is 33.2. The molecule has 0 saturated heterocycles. The normalized spacial score (nSPS) is 17.6. The highest BCUT2D eigenvalue weighted by Gasteiger charge is 2.76. The second kappa shape index (κ2) is 14.2. The summed E-state index contributed by atoms with van der Waals surface area (Å²) in [6.45, 7) is -0.565. The Morgan fingerprint density at radius 2 is 1.21 bits per heavy atom. The fourth-order valence-corrected chi connectivity index (χ4v) is 101. The molecular formula is C10H33O12Si11. The maximum atomic E-state index is 10.8. The van der Waals surface area contributed by atoms with Gasteiger partial charge in [-0.15, -0.1) is 0 Å². The van der Waals surface area contributed by atoms with Gasteiger partial charge < -0.3 is 54.0 Å². The van der Waals surface area contributed by atoms with Gasteiger partial charge in [-0.2, -0.15) is 0 Å². The first-order chi connectivity index (χ1) is 15.1. The molecule has 0 aromatic rings. The van der Waals surface area contributed by atoms with Crippen LogP contribution in [0.1, 0.15) is 0 Å². The molecule has 0 rings (SSSR count). The first kappa shape index (κ1) is 34.9. The van der Waals surface area contributed by atoms with Gasteiger partial charge in [-0.05, 0) is 32.2 Å². The Morgan fingerprint density at radius 1 is 0.727 bits per heavy atom. The van der Waals surface area contributed by atoms with Gasteiger partial charge >= 0.3 is 35.0 Å². The van der Waals surface area contributed by atoms with Crippen LogP contribution in [0.25, 0.3) is 0 Å². The van der Waals surface area contributed by atoms with E-state index in [0.717, 1.165) is 0 Å². The van der Waals surface area contributed by atoms with Crippen molar-refractivity contribution in [3.8, 4) is 0 Å². The van der Waals surface area contributed by atoms with Crippen LogP contribution in [-0.2, 0) is 30.0 Å². The van der Waals surface area contributed by atoms with Crippen molar-refractivity contribution >= 4 is 94.6 Å². The Bertz CT molecular complexity index is 563. The van der Waals surface area contributed by atoms with Gasteiger partial charge in [0.1, 0.15) is 0 Å². The average Bonchev–Trinajstić information content (AvgIpc) is 2.76. The summed E-state index contributed by atoms with van der Waals surface area (Å²) in [5.41, 5.74) is 0. The van der Waals surface area contributed by atoms with Crippen LogP contribution in [-0.4, -0.2) is 147 Å². The molecule has 33 heavy (non-hydrogen) atoms. The highest BCUT2D eigenvalue weighted by molar-refractivity contribution is 7.95. The molecule has 0 heterocycles. The van der Waals surface area contributed by atoms with Crippen LogP contribution in [0.3, 0.4) is 0 Å². The molecule has 2 unspecified atom stereocenters. The molecule has 0 fully saturated rings. The maximum Gasteiger partial charge on any atom is 0.499 e. The molecular weight excluding hydrogens is 621 g/mol. The average molecular weight is 654 g/mol. The molecule has 0 spiro atoms. The van der Waals surface area contributed by atoms with Crippen LogP contribution in [0.2, 0.25) is 38.3 Å². The zero-order valence-corrected chi connectivity index (χ0v) is 31.0. The Labute approximate surface area is 214 Å². The third kappa shape index (κ3) is 8.45. The van der Waals surface area contributed by atoms with Crippen molar-refractivity contribution in [3.05, 3.63) is 0 Å². The van der Waals surface area contributed by atoms with Crippen LogP contribution in [0.4, 0.5) is 0 Å². The smallest absolute Gasteiger partial charge is 0.438 e. The Kier molecular flexibility index (Phi) is 15.0. The minimum atomic E-state index is -4.10. The van der Waals surface area contributed by atoms with Crippen LogP contribution in [0, 0.1) is 0 Å². The molecule has 0 aromatic heterocycles. The number of rotatable bonds is 18. The molecule has 0 bridgehead atoms. The molecule has 5 N–H and O–H groups in total. The van der Waals surface area contributed by atoms with Crippen molar-refractivity contribution in [2.75, 3.05) is 28.4 Å². The Morgan fingerprint density at radius 3 is 1.52 bits per heavy atom.